The molecular weight excluding hydrogens is 260 g/mol. The summed E-state index contributed by atoms with van der Waals surface area (Å²) in [7, 11) is 0. The number of amides is 1. The number of unbranched alkanes of at least 4 members (excludes halogenated alkanes) is 3. The third-order valence-corrected chi connectivity index (χ3v) is 4.01. The molecule has 1 heterocycles. The lowest BCUT2D eigenvalue weighted by molar-refractivity contribution is -0.119. The van der Waals surface area contributed by atoms with Crippen molar-refractivity contribution < 1.29 is 20.1 Å². The van der Waals surface area contributed by atoms with Crippen LogP contribution < -0.4 is 5.32 Å². The molecule has 0 spiro atoms. The van der Waals surface area contributed by atoms with Crippen LogP contribution in [-0.4, -0.2) is 70.1 Å². The van der Waals surface area contributed by atoms with Crippen LogP contribution in [0.3, 0.4) is 0 Å². The Bertz CT molecular complexity index is 301. The van der Waals surface area contributed by atoms with Crippen molar-refractivity contribution in [3.8, 4) is 0 Å². The number of hydrogen-bond acceptors (Lipinski definition) is 5. The van der Waals surface area contributed by atoms with E-state index < -0.39 is 18.2 Å². The maximum Gasteiger partial charge on any atom is 0.216 e. The zero-order chi connectivity index (χ0) is 15.1. The summed E-state index contributed by atoms with van der Waals surface area (Å²) >= 11 is 0. The Morgan fingerprint density at radius 1 is 1.15 bits per heavy atom. The van der Waals surface area contributed by atoms with E-state index in [1.165, 1.54) is 6.92 Å². The molecule has 6 nitrogen and oxygen atoms in total. The minimum absolute atomic E-state index is 0.162. The molecule has 0 bridgehead atoms. The van der Waals surface area contributed by atoms with Crippen LogP contribution in [0.5, 0.6) is 0 Å². The monoisotopic (exact) mass is 288 g/mol. The van der Waals surface area contributed by atoms with Crippen molar-refractivity contribution in [1.82, 2.24) is 10.2 Å². The van der Waals surface area contributed by atoms with Crippen molar-refractivity contribution in [3.05, 3.63) is 0 Å². The number of aliphatic hydroxyl groups is 3. The summed E-state index contributed by atoms with van der Waals surface area (Å²) in [4.78, 5) is 13.0. The lowest BCUT2D eigenvalue weighted by Crippen LogP contribution is -2.47. The molecule has 0 radical (unpaired) electrons. The molecule has 1 amide bonds. The number of nitrogens with one attached hydrogen (secondary N) is 1. The van der Waals surface area contributed by atoms with E-state index in [2.05, 4.69) is 12.2 Å². The van der Waals surface area contributed by atoms with E-state index in [1.807, 2.05) is 4.90 Å². The van der Waals surface area contributed by atoms with Gasteiger partial charge in [-0.25, -0.2) is 0 Å². The molecule has 1 fully saturated rings. The molecule has 1 saturated heterocycles. The highest BCUT2D eigenvalue weighted by atomic mass is 16.3. The number of likely N-dealkylation sites (tertiary alicyclic amines) is 1. The molecule has 0 saturated carbocycles. The average molecular weight is 288 g/mol. The second-order valence-corrected chi connectivity index (χ2v) is 5.53. The van der Waals surface area contributed by atoms with Gasteiger partial charge in [0.15, 0.2) is 0 Å². The SMILES string of the molecule is CCCCCCN1C(CNC(C)=O)[C@@H](O)[C@H](O)[C@H]1CO. The molecule has 1 rings (SSSR count). The predicted molar refractivity (Wildman–Crippen MR) is 76.2 cm³/mol. The highest BCUT2D eigenvalue weighted by Crippen LogP contribution is 2.25. The molecule has 1 aliphatic rings. The van der Waals surface area contributed by atoms with Gasteiger partial charge in [-0.2, -0.15) is 0 Å². The zero-order valence-corrected chi connectivity index (χ0v) is 12.5. The molecule has 6 heteroatoms. The number of nitrogens with zero attached hydrogens (tertiary/aromatic N) is 1. The molecule has 0 aromatic carbocycles. The van der Waals surface area contributed by atoms with Crippen molar-refractivity contribution in [1.29, 1.82) is 0 Å². The number of hydrogen-bond donors (Lipinski definition) is 4. The molecule has 118 valence electrons. The van der Waals surface area contributed by atoms with E-state index in [1.54, 1.807) is 0 Å². The molecular formula is C14H28N2O4. The third-order valence-electron chi connectivity index (χ3n) is 4.01. The smallest absolute Gasteiger partial charge is 0.216 e. The Kier molecular flexibility index (Phi) is 7.43. The van der Waals surface area contributed by atoms with E-state index in [0.717, 1.165) is 25.7 Å². The van der Waals surface area contributed by atoms with E-state index in [9.17, 15) is 20.1 Å². The standard InChI is InChI=1S/C14H28N2O4/c1-3-4-5-6-7-16-11(8-15-10(2)18)13(19)14(20)12(16)9-17/h11-14,17,19-20H,3-9H2,1-2H3,(H,15,18)/t11?,12-,13-,14-/m1/s1. The number of rotatable bonds is 8. The van der Waals surface area contributed by atoms with Gasteiger partial charge in [0.1, 0.15) is 0 Å². The van der Waals surface area contributed by atoms with Crippen LogP contribution in [0.1, 0.15) is 39.5 Å². The molecule has 20 heavy (non-hydrogen) atoms. The minimum Gasteiger partial charge on any atom is -0.395 e. The molecule has 1 unspecified atom stereocenters. The van der Waals surface area contributed by atoms with E-state index in [-0.39, 0.29) is 25.1 Å². The normalized spacial score (nSPS) is 30.6. The molecule has 0 aromatic rings. The first kappa shape index (κ1) is 17.4. The Morgan fingerprint density at radius 2 is 1.80 bits per heavy atom. The largest absolute Gasteiger partial charge is 0.395 e. The highest BCUT2D eigenvalue weighted by Gasteiger charge is 2.46. The highest BCUT2D eigenvalue weighted by molar-refractivity contribution is 5.72. The van der Waals surface area contributed by atoms with Gasteiger partial charge in [-0.15, -0.1) is 0 Å². The fourth-order valence-electron chi connectivity index (χ4n) is 2.85. The second kappa shape index (κ2) is 8.56. The summed E-state index contributed by atoms with van der Waals surface area (Å²) < 4.78 is 0. The first-order valence-corrected chi connectivity index (χ1v) is 7.50. The van der Waals surface area contributed by atoms with Gasteiger partial charge in [-0.3, -0.25) is 9.69 Å². The van der Waals surface area contributed by atoms with Crippen LogP contribution >= 0.6 is 0 Å². The Balaban J connectivity index is 2.62. The van der Waals surface area contributed by atoms with Gasteiger partial charge in [-0.05, 0) is 13.0 Å². The van der Waals surface area contributed by atoms with Crippen molar-refractivity contribution in [2.45, 2.75) is 63.8 Å². The van der Waals surface area contributed by atoms with Gasteiger partial charge in [0, 0.05) is 13.5 Å². The Hall–Kier alpha value is -0.690. The van der Waals surface area contributed by atoms with Gasteiger partial charge in [0.25, 0.3) is 0 Å². The van der Waals surface area contributed by atoms with E-state index >= 15 is 0 Å². The summed E-state index contributed by atoms with van der Waals surface area (Å²) in [5, 5.41) is 32.2. The molecule has 0 aromatic heterocycles. The fraction of sp³-hybridized carbons (Fsp3) is 0.929. The average Bonchev–Trinajstić information content (AvgIpc) is 2.64. The maximum absolute atomic E-state index is 11.0. The zero-order valence-electron chi connectivity index (χ0n) is 12.5. The van der Waals surface area contributed by atoms with Gasteiger partial charge >= 0.3 is 0 Å². The first-order chi connectivity index (χ1) is 9.52. The molecule has 1 aliphatic heterocycles. The minimum atomic E-state index is -0.968. The third kappa shape index (κ3) is 4.41. The van der Waals surface area contributed by atoms with Crippen LogP contribution in [0.25, 0.3) is 0 Å². The quantitative estimate of drug-likeness (QED) is 0.451. The van der Waals surface area contributed by atoms with E-state index in [0.29, 0.717) is 6.54 Å². The van der Waals surface area contributed by atoms with Gasteiger partial charge in [-0.1, -0.05) is 26.2 Å². The summed E-state index contributed by atoms with van der Waals surface area (Å²) in [6.45, 7) is 4.37. The fourth-order valence-corrected chi connectivity index (χ4v) is 2.85. The van der Waals surface area contributed by atoms with Crippen LogP contribution in [0.2, 0.25) is 0 Å². The maximum atomic E-state index is 11.0. The first-order valence-electron chi connectivity index (χ1n) is 7.50. The summed E-state index contributed by atoms with van der Waals surface area (Å²) in [5.41, 5.74) is 0. The molecule has 4 atom stereocenters. The summed E-state index contributed by atoms with van der Waals surface area (Å²) in [6.07, 6.45) is 2.43. The Morgan fingerprint density at radius 3 is 2.35 bits per heavy atom. The lowest BCUT2D eigenvalue weighted by Gasteiger charge is -2.29. The molecule has 0 aliphatic carbocycles. The van der Waals surface area contributed by atoms with Crippen molar-refractivity contribution in [2.24, 2.45) is 0 Å². The van der Waals surface area contributed by atoms with Gasteiger partial charge < -0.3 is 20.6 Å². The van der Waals surface area contributed by atoms with Crippen LogP contribution in [0.4, 0.5) is 0 Å². The van der Waals surface area contributed by atoms with Crippen molar-refractivity contribution in [3.63, 3.8) is 0 Å². The van der Waals surface area contributed by atoms with Crippen LogP contribution in [-0.2, 0) is 4.79 Å². The van der Waals surface area contributed by atoms with Gasteiger partial charge in [0.05, 0.1) is 30.9 Å². The number of aliphatic hydroxyl groups excluding tert-OH is 3. The summed E-state index contributed by atoms with van der Waals surface area (Å²) in [6, 6.07) is -0.793. The molecule has 4 N–H and O–H groups in total. The topological polar surface area (TPSA) is 93.0 Å². The lowest BCUT2D eigenvalue weighted by atomic mass is 10.1. The van der Waals surface area contributed by atoms with E-state index in [4.69, 9.17) is 0 Å². The van der Waals surface area contributed by atoms with Crippen LogP contribution in [0.15, 0.2) is 0 Å². The summed E-state index contributed by atoms with van der Waals surface area (Å²) in [5.74, 6) is -0.162. The number of carbonyl (C=O) groups is 1. The Labute approximate surface area is 120 Å². The number of carbonyl (C=O) groups excluding carboxylic acids is 1. The second-order valence-electron chi connectivity index (χ2n) is 5.53. The predicted octanol–water partition coefficient (Wildman–Crippen LogP) is -0.530. The van der Waals surface area contributed by atoms with Crippen molar-refractivity contribution >= 4 is 5.91 Å². The van der Waals surface area contributed by atoms with Gasteiger partial charge in [0.2, 0.25) is 5.91 Å². The van der Waals surface area contributed by atoms with Crippen molar-refractivity contribution in [2.75, 3.05) is 19.7 Å². The van der Waals surface area contributed by atoms with Crippen LogP contribution in [0, 0.1) is 0 Å².